The Kier molecular flexibility index (Phi) is 7.06. The van der Waals surface area contributed by atoms with Crippen LogP contribution < -0.4 is 15.8 Å². The molecule has 1 heterocycles. The van der Waals surface area contributed by atoms with E-state index in [9.17, 15) is 9.59 Å². The highest BCUT2D eigenvalue weighted by Gasteiger charge is 2.22. The second-order valence-corrected chi connectivity index (χ2v) is 8.64. The zero-order valence-corrected chi connectivity index (χ0v) is 19.6. The molecule has 1 saturated carbocycles. The number of carbonyl (C=O) groups excluding carboxylic acids is 2. The normalized spacial score (nSPS) is 12.6. The molecule has 7 heteroatoms. The van der Waals surface area contributed by atoms with Gasteiger partial charge in [0, 0.05) is 41.4 Å². The highest BCUT2D eigenvalue weighted by molar-refractivity contribution is 6.04. The van der Waals surface area contributed by atoms with Gasteiger partial charge in [0.1, 0.15) is 17.3 Å². The zero-order chi connectivity index (χ0) is 24.9. The predicted octanol–water partition coefficient (Wildman–Crippen LogP) is 4.25. The first-order chi connectivity index (χ1) is 16.9. The van der Waals surface area contributed by atoms with Crippen LogP contribution in [0.1, 0.15) is 50.4 Å². The number of rotatable bonds is 10. The Balaban J connectivity index is 1.63. The molecule has 7 nitrogen and oxygen atoms in total. The third kappa shape index (κ3) is 5.63. The second kappa shape index (κ2) is 10.3. The summed E-state index contributed by atoms with van der Waals surface area (Å²) in [5, 5.41) is 10.4. The SMILES string of the molecule is C=Cc1cc(C(=O)Cc2ccc(C(=N)N)cc2)c(-c2ccc(C(=O)NCC3CC3)nc2)cc1OC. The maximum Gasteiger partial charge on any atom is 0.269 e. The summed E-state index contributed by atoms with van der Waals surface area (Å²) in [6, 6.07) is 14.1. The van der Waals surface area contributed by atoms with E-state index >= 15 is 0 Å². The van der Waals surface area contributed by atoms with E-state index in [4.69, 9.17) is 15.9 Å². The molecule has 4 N–H and O–H groups in total. The molecule has 1 amide bonds. The number of nitrogens with two attached hydrogens (primary N) is 1. The van der Waals surface area contributed by atoms with Crippen molar-refractivity contribution in [1.82, 2.24) is 10.3 Å². The number of nitrogen functional groups attached to an aromatic ring is 1. The van der Waals surface area contributed by atoms with Crippen molar-refractivity contribution in [2.75, 3.05) is 13.7 Å². The molecule has 0 radical (unpaired) electrons. The van der Waals surface area contributed by atoms with Crippen molar-refractivity contribution in [3.8, 4) is 16.9 Å². The van der Waals surface area contributed by atoms with Crippen LogP contribution >= 0.6 is 0 Å². The number of Topliss-reactive ketones (excluding diaryl/α,β-unsaturated/α-hetero) is 1. The Bertz CT molecular complexity index is 1280. The van der Waals surface area contributed by atoms with Gasteiger partial charge in [0.25, 0.3) is 5.91 Å². The number of nitrogens with zero attached hydrogens (tertiary/aromatic N) is 1. The van der Waals surface area contributed by atoms with E-state index < -0.39 is 0 Å². The van der Waals surface area contributed by atoms with Crippen LogP contribution in [0.3, 0.4) is 0 Å². The molecule has 0 spiro atoms. The number of nitrogens with one attached hydrogen (secondary N) is 2. The average molecular weight is 469 g/mol. The Hall–Kier alpha value is -4.26. The Labute approximate surface area is 204 Å². The number of ether oxygens (including phenoxy) is 1. The van der Waals surface area contributed by atoms with Crippen LogP contribution in [0, 0.1) is 11.3 Å². The molecule has 0 unspecified atom stereocenters. The summed E-state index contributed by atoms with van der Waals surface area (Å²) in [5.41, 5.74) is 9.85. The van der Waals surface area contributed by atoms with Gasteiger partial charge in [-0.2, -0.15) is 0 Å². The predicted molar refractivity (Wildman–Crippen MR) is 137 cm³/mol. The molecule has 1 aromatic heterocycles. The van der Waals surface area contributed by atoms with Gasteiger partial charge in [-0.15, -0.1) is 0 Å². The Morgan fingerprint density at radius 3 is 2.51 bits per heavy atom. The smallest absolute Gasteiger partial charge is 0.269 e. The summed E-state index contributed by atoms with van der Waals surface area (Å²) in [5.74, 6) is 0.860. The number of methoxy groups -OCH3 is 1. The molecule has 0 saturated heterocycles. The number of carbonyl (C=O) groups is 2. The lowest BCUT2D eigenvalue weighted by Crippen LogP contribution is -2.26. The highest BCUT2D eigenvalue weighted by Crippen LogP contribution is 2.33. The van der Waals surface area contributed by atoms with Crippen molar-refractivity contribution in [2.24, 2.45) is 11.7 Å². The molecule has 178 valence electrons. The molecule has 0 aliphatic heterocycles. The Morgan fingerprint density at radius 1 is 1.20 bits per heavy atom. The fourth-order valence-electron chi connectivity index (χ4n) is 3.82. The molecular formula is C28H28N4O3. The van der Waals surface area contributed by atoms with Crippen molar-refractivity contribution in [1.29, 1.82) is 5.41 Å². The third-order valence-corrected chi connectivity index (χ3v) is 6.08. The van der Waals surface area contributed by atoms with Gasteiger partial charge in [-0.25, -0.2) is 0 Å². The minimum atomic E-state index is -0.201. The van der Waals surface area contributed by atoms with E-state index in [0.717, 1.165) is 18.4 Å². The molecule has 1 aliphatic carbocycles. The van der Waals surface area contributed by atoms with Crippen molar-refractivity contribution >= 4 is 23.6 Å². The fourth-order valence-corrected chi connectivity index (χ4v) is 3.82. The average Bonchev–Trinajstić information content (AvgIpc) is 3.71. The minimum Gasteiger partial charge on any atom is -0.496 e. The van der Waals surface area contributed by atoms with Gasteiger partial charge < -0.3 is 15.8 Å². The largest absolute Gasteiger partial charge is 0.496 e. The molecule has 3 aromatic rings. The van der Waals surface area contributed by atoms with Crippen LogP contribution in [0.5, 0.6) is 5.75 Å². The summed E-state index contributed by atoms with van der Waals surface area (Å²) in [7, 11) is 1.57. The first-order valence-corrected chi connectivity index (χ1v) is 11.4. The quantitative estimate of drug-likeness (QED) is 0.234. The lowest BCUT2D eigenvalue weighted by atomic mass is 9.92. The lowest BCUT2D eigenvalue weighted by molar-refractivity contribution is 0.0945. The summed E-state index contributed by atoms with van der Waals surface area (Å²) < 4.78 is 5.51. The van der Waals surface area contributed by atoms with Gasteiger partial charge in [0.15, 0.2) is 5.78 Å². The number of hydrogen-bond acceptors (Lipinski definition) is 5. The Morgan fingerprint density at radius 2 is 1.94 bits per heavy atom. The van der Waals surface area contributed by atoms with Crippen LogP contribution in [-0.4, -0.2) is 36.2 Å². The molecule has 4 rings (SSSR count). The van der Waals surface area contributed by atoms with E-state index in [1.54, 1.807) is 67.9 Å². The van der Waals surface area contributed by atoms with E-state index in [0.29, 0.717) is 51.7 Å². The fraction of sp³-hybridized carbons (Fsp3) is 0.214. The van der Waals surface area contributed by atoms with Crippen LogP contribution in [0.4, 0.5) is 0 Å². The van der Waals surface area contributed by atoms with E-state index in [1.165, 1.54) is 0 Å². The van der Waals surface area contributed by atoms with Crippen molar-refractivity contribution < 1.29 is 14.3 Å². The van der Waals surface area contributed by atoms with Crippen molar-refractivity contribution in [2.45, 2.75) is 19.3 Å². The van der Waals surface area contributed by atoms with E-state index in [-0.39, 0.29) is 23.9 Å². The summed E-state index contributed by atoms with van der Waals surface area (Å²) >= 11 is 0. The molecule has 35 heavy (non-hydrogen) atoms. The number of aromatic nitrogens is 1. The number of ketones is 1. The highest BCUT2D eigenvalue weighted by atomic mass is 16.5. The summed E-state index contributed by atoms with van der Waals surface area (Å²) in [6.07, 6.45) is 5.74. The maximum absolute atomic E-state index is 13.4. The van der Waals surface area contributed by atoms with E-state index in [1.807, 2.05) is 0 Å². The molecule has 0 atom stereocenters. The van der Waals surface area contributed by atoms with Crippen LogP contribution in [-0.2, 0) is 6.42 Å². The number of hydrogen-bond donors (Lipinski definition) is 3. The third-order valence-electron chi connectivity index (χ3n) is 6.08. The topological polar surface area (TPSA) is 118 Å². The number of amidine groups is 1. The number of amides is 1. The molecular weight excluding hydrogens is 440 g/mol. The zero-order valence-electron chi connectivity index (χ0n) is 19.6. The first-order valence-electron chi connectivity index (χ1n) is 11.4. The monoisotopic (exact) mass is 468 g/mol. The van der Waals surface area contributed by atoms with Crippen LogP contribution in [0.2, 0.25) is 0 Å². The van der Waals surface area contributed by atoms with E-state index in [2.05, 4.69) is 16.9 Å². The molecule has 0 bridgehead atoms. The van der Waals surface area contributed by atoms with Gasteiger partial charge in [0.2, 0.25) is 0 Å². The molecule has 1 fully saturated rings. The molecule has 1 aliphatic rings. The van der Waals surface area contributed by atoms with Gasteiger partial charge in [0.05, 0.1) is 7.11 Å². The maximum atomic E-state index is 13.4. The van der Waals surface area contributed by atoms with Gasteiger partial charge in [-0.1, -0.05) is 43.0 Å². The van der Waals surface area contributed by atoms with Gasteiger partial charge in [-0.05, 0) is 48.1 Å². The van der Waals surface area contributed by atoms with Crippen LogP contribution in [0.15, 0.2) is 61.3 Å². The van der Waals surface area contributed by atoms with Crippen molar-refractivity contribution in [3.05, 3.63) is 89.3 Å². The first kappa shape index (κ1) is 23.9. The van der Waals surface area contributed by atoms with Crippen LogP contribution in [0.25, 0.3) is 17.2 Å². The van der Waals surface area contributed by atoms with Gasteiger partial charge >= 0.3 is 0 Å². The standard InChI is InChI=1S/C28H28N4O3/c1-3-19-13-23(25(33)12-17-6-8-20(9-7-17)27(29)30)22(14-26(19)35-2)21-10-11-24(31-16-21)28(34)32-15-18-4-5-18/h3,6-11,13-14,16,18H,1,4-5,12,15H2,2H3,(H3,29,30)(H,32,34). The summed E-state index contributed by atoms with van der Waals surface area (Å²) in [6.45, 7) is 4.51. The summed E-state index contributed by atoms with van der Waals surface area (Å²) in [4.78, 5) is 30.1. The number of pyridine rings is 1. The molecule has 2 aromatic carbocycles. The second-order valence-electron chi connectivity index (χ2n) is 8.64. The van der Waals surface area contributed by atoms with Gasteiger partial charge in [-0.3, -0.25) is 20.0 Å². The van der Waals surface area contributed by atoms with Crippen molar-refractivity contribution in [3.63, 3.8) is 0 Å². The minimum absolute atomic E-state index is 0.0203. The number of benzene rings is 2. The lowest BCUT2D eigenvalue weighted by Gasteiger charge is -2.14.